The number of piperidine rings is 2. The average Bonchev–Trinajstić information content (AvgIpc) is 3.02. The third-order valence-corrected chi connectivity index (χ3v) is 7.60. The van der Waals surface area contributed by atoms with Gasteiger partial charge in [0.05, 0.1) is 0 Å². The van der Waals surface area contributed by atoms with Gasteiger partial charge in [0, 0.05) is 30.5 Å². The number of likely N-dealkylation sites (N-methyl/N-ethyl adjacent to an activating group) is 1. The van der Waals surface area contributed by atoms with E-state index in [1.54, 1.807) is 4.90 Å². The first kappa shape index (κ1) is 19.5. The van der Waals surface area contributed by atoms with Crippen molar-refractivity contribution in [3.8, 4) is 5.75 Å². The second-order valence-electron chi connectivity index (χ2n) is 9.18. The Morgan fingerprint density at radius 2 is 2.03 bits per heavy atom. The molecule has 0 radical (unpaired) electrons. The highest BCUT2D eigenvalue weighted by atomic mass is 16.5. The number of ether oxygens (including phenoxy) is 1. The quantitative estimate of drug-likeness (QED) is 0.768. The number of nitrogens with zero attached hydrogens (tertiary/aromatic N) is 2. The summed E-state index contributed by atoms with van der Waals surface area (Å²) in [6.45, 7) is 5.72. The molecule has 1 aliphatic carbocycles. The number of imide groups is 1. The van der Waals surface area contributed by atoms with Crippen LogP contribution in [0.25, 0.3) is 0 Å². The van der Waals surface area contributed by atoms with Gasteiger partial charge in [-0.25, -0.2) is 0 Å². The smallest absolute Gasteiger partial charge is 0.255 e. The number of likely N-dealkylation sites (tertiary alicyclic amines) is 1. The lowest BCUT2D eigenvalue weighted by Gasteiger charge is -2.52. The molecule has 7 nitrogen and oxygen atoms in total. The number of carbonyl (C=O) groups excluding carboxylic acids is 3. The molecule has 4 aliphatic rings. The minimum atomic E-state index is -0.582. The highest BCUT2D eigenvalue weighted by molar-refractivity contribution is 6.05. The predicted octanol–water partition coefficient (Wildman–Crippen LogP) is 2.09. The predicted molar refractivity (Wildman–Crippen MR) is 110 cm³/mol. The summed E-state index contributed by atoms with van der Waals surface area (Å²) >= 11 is 0. The minimum absolute atomic E-state index is 0.142. The fourth-order valence-electron chi connectivity index (χ4n) is 5.50. The monoisotopic (exact) mass is 411 g/mol. The molecule has 1 saturated carbocycles. The number of hydrogen-bond donors (Lipinski definition) is 1. The second-order valence-corrected chi connectivity index (χ2v) is 9.18. The molecular weight excluding hydrogens is 382 g/mol. The first-order chi connectivity index (χ1) is 14.5. The summed E-state index contributed by atoms with van der Waals surface area (Å²) in [5.41, 5.74) is 1.83. The van der Waals surface area contributed by atoms with Gasteiger partial charge in [0.1, 0.15) is 17.9 Å². The summed E-state index contributed by atoms with van der Waals surface area (Å²) in [7, 11) is 0. The van der Waals surface area contributed by atoms with Gasteiger partial charge in [-0.3, -0.25) is 24.6 Å². The van der Waals surface area contributed by atoms with Gasteiger partial charge in [-0.05, 0) is 62.5 Å². The van der Waals surface area contributed by atoms with E-state index in [9.17, 15) is 14.4 Å². The second kappa shape index (κ2) is 7.38. The van der Waals surface area contributed by atoms with Crippen LogP contribution in [-0.4, -0.2) is 59.3 Å². The summed E-state index contributed by atoms with van der Waals surface area (Å²) in [4.78, 5) is 40.6. The van der Waals surface area contributed by atoms with Crippen LogP contribution in [0, 0.1) is 5.41 Å². The molecule has 5 rings (SSSR count). The van der Waals surface area contributed by atoms with Gasteiger partial charge >= 0.3 is 0 Å². The fraction of sp³-hybridized carbons (Fsp3) is 0.609. The van der Waals surface area contributed by atoms with Gasteiger partial charge in [-0.2, -0.15) is 0 Å². The number of nitrogens with one attached hydrogen (secondary N) is 1. The SMILES string of the molecule is CCN1CCC2(CCC2)C(Oc2ccc3c(c2)CN(C2CCC(=O)NC2=O)C3=O)C1. The molecule has 2 unspecified atom stereocenters. The Morgan fingerprint density at radius 1 is 1.20 bits per heavy atom. The molecule has 3 aliphatic heterocycles. The molecule has 0 aromatic heterocycles. The van der Waals surface area contributed by atoms with Crippen LogP contribution in [0.1, 0.15) is 61.4 Å². The lowest BCUT2D eigenvalue weighted by atomic mass is 9.61. The van der Waals surface area contributed by atoms with Gasteiger partial charge in [-0.1, -0.05) is 13.3 Å². The Morgan fingerprint density at radius 3 is 2.73 bits per heavy atom. The van der Waals surface area contributed by atoms with E-state index < -0.39 is 6.04 Å². The van der Waals surface area contributed by atoms with Gasteiger partial charge in [0.25, 0.3) is 5.91 Å². The molecular formula is C23H29N3O4. The summed E-state index contributed by atoms with van der Waals surface area (Å²) in [5, 5.41) is 2.35. The van der Waals surface area contributed by atoms with Crippen molar-refractivity contribution in [3.63, 3.8) is 0 Å². The van der Waals surface area contributed by atoms with Crippen LogP contribution in [0.4, 0.5) is 0 Å². The summed E-state index contributed by atoms with van der Waals surface area (Å²) in [6, 6.07) is 5.10. The molecule has 30 heavy (non-hydrogen) atoms. The Labute approximate surface area is 176 Å². The number of carbonyl (C=O) groups is 3. The van der Waals surface area contributed by atoms with Crippen LogP contribution in [-0.2, 0) is 16.1 Å². The van der Waals surface area contributed by atoms with Crippen molar-refractivity contribution in [1.82, 2.24) is 15.1 Å². The van der Waals surface area contributed by atoms with E-state index in [-0.39, 0.29) is 30.2 Å². The van der Waals surface area contributed by atoms with Crippen LogP contribution in [0.15, 0.2) is 18.2 Å². The van der Waals surface area contributed by atoms with Gasteiger partial charge < -0.3 is 9.64 Å². The van der Waals surface area contributed by atoms with Crippen molar-refractivity contribution in [1.29, 1.82) is 0 Å². The maximum Gasteiger partial charge on any atom is 0.255 e. The van der Waals surface area contributed by atoms with E-state index in [4.69, 9.17) is 4.74 Å². The molecule has 3 heterocycles. The van der Waals surface area contributed by atoms with Crippen molar-refractivity contribution in [3.05, 3.63) is 29.3 Å². The lowest BCUT2D eigenvalue weighted by molar-refractivity contribution is -0.136. The zero-order chi connectivity index (χ0) is 20.9. The molecule has 2 atom stereocenters. The van der Waals surface area contributed by atoms with E-state index >= 15 is 0 Å². The minimum Gasteiger partial charge on any atom is -0.489 e. The topological polar surface area (TPSA) is 79.0 Å². The average molecular weight is 412 g/mol. The highest BCUT2D eigenvalue weighted by Crippen LogP contribution is 2.50. The molecule has 1 N–H and O–H groups in total. The van der Waals surface area contributed by atoms with Crippen molar-refractivity contribution in [2.45, 2.75) is 64.1 Å². The van der Waals surface area contributed by atoms with E-state index in [1.165, 1.54) is 25.7 Å². The highest BCUT2D eigenvalue weighted by Gasteiger charge is 2.48. The first-order valence-corrected chi connectivity index (χ1v) is 11.2. The number of fused-ring (bicyclic) bond motifs is 1. The maximum absolute atomic E-state index is 12.9. The summed E-state index contributed by atoms with van der Waals surface area (Å²) in [5.74, 6) is 0.0181. The van der Waals surface area contributed by atoms with E-state index in [1.807, 2.05) is 18.2 Å². The number of hydrogen-bond acceptors (Lipinski definition) is 5. The lowest BCUT2D eigenvalue weighted by Crippen LogP contribution is -2.56. The Hall–Kier alpha value is -2.41. The number of benzene rings is 1. The van der Waals surface area contributed by atoms with Crippen molar-refractivity contribution < 1.29 is 19.1 Å². The summed E-state index contributed by atoms with van der Waals surface area (Å²) in [6.07, 6.45) is 5.78. The Kier molecular flexibility index (Phi) is 4.81. The molecule has 3 fully saturated rings. The number of amides is 3. The molecule has 1 aromatic carbocycles. The van der Waals surface area contributed by atoms with E-state index in [0.717, 1.165) is 30.9 Å². The standard InChI is InChI=1S/C23H29N3O4/c1-2-25-11-10-23(8-3-9-23)19(14-25)30-16-4-5-17-15(12-16)13-26(22(17)29)18-6-7-20(27)24-21(18)28/h4-5,12,18-19H,2-3,6-11,13-14H2,1H3,(H,24,27,28). The van der Waals surface area contributed by atoms with Crippen LogP contribution in [0.5, 0.6) is 5.75 Å². The Balaban J connectivity index is 1.33. The van der Waals surface area contributed by atoms with E-state index in [2.05, 4.69) is 17.1 Å². The van der Waals surface area contributed by atoms with Gasteiger partial charge in [0.15, 0.2) is 0 Å². The third-order valence-electron chi connectivity index (χ3n) is 7.60. The first-order valence-electron chi connectivity index (χ1n) is 11.2. The Bertz CT molecular complexity index is 894. The fourth-order valence-corrected chi connectivity index (χ4v) is 5.50. The normalized spacial score (nSPS) is 28.3. The van der Waals surface area contributed by atoms with Crippen LogP contribution < -0.4 is 10.1 Å². The van der Waals surface area contributed by atoms with E-state index in [0.29, 0.717) is 23.9 Å². The largest absolute Gasteiger partial charge is 0.489 e. The van der Waals surface area contributed by atoms with Crippen molar-refractivity contribution >= 4 is 17.7 Å². The van der Waals surface area contributed by atoms with Gasteiger partial charge in [-0.15, -0.1) is 0 Å². The molecule has 1 aromatic rings. The molecule has 1 spiro atoms. The van der Waals surface area contributed by atoms with Crippen molar-refractivity contribution in [2.75, 3.05) is 19.6 Å². The molecule has 2 saturated heterocycles. The van der Waals surface area contributed by atoms with Crippen LogP contribution in [0.3, 0.4) is 0 Å². The third kappa shape index (κ3) is 3.20. The van der Waals surface area contributed by atoms with Crippen LogP contribution >= 0.6 is 0 Å². The van der Waals surface area contributed by atoms with Crippen LogP contribution in [0.2, 0.25) is 0 Å². The number of rotatable bonds is 4. The molecule has 0 bridgehead atoms. The molecule has 3 amide bonds. The zero-order valence-electron chi connectivity index (χ0n) is 17.5. The summed E-state index contributed by atoms with van der Waals surface area (Å²) < 4.78 is 6.53. The molecule has 7 heteroatoms. The molecule has 160 valence electrons. The zero-order valence-corrected chi connectivity index (χ0v) is 17.5. The maximum atomic E-state index is 12.9. The van der Waals surface area contributed by atoms with Crippen molar-refractivity contribution in [2.24, 2.45) is 5.41 Å². The van der Waals surface area contributed by atoms with Gasteiger partial charge in [0.2, 0.25) is 11.8 Å².